The molecular weight excluding hydrogens is 436 g/mol. The van der Waals surface area contributed by atoms with Crippen molar-refractivity contribution in [3.05, 3.63) is 58.7 Å². The van der Waals surface area contributed by atoms with E-state index in [9.17, 15) is 13.2 Å². The van der Waals surface area contributed by atoms with Gasteiger partial charge >= 0.3 is 0 Å². The third-order valence-corrected chi connectivity index (χ3v) is 9.22. The van der Waals surface area contributed by atoms with Crippen LogP contribution in [0.5, 0.6) is 5.75 Å². The first kappa shape index (κ1) is 23.8. The van der Waals surface area contributed by atoms with Gasteiger partial charge in [0.2, 0.25) is 15.9 Å². The van der Waals surface area contributed by atoms with Gasteiger partial charge in [0.25, 0.3) is 0 Å². The number of sulfonamides is 1. The molecule has 0 N–H and O–H groups in total. The summed E-state index contributed by atoms with van der Waals surface area (Å²) in [5.41, 5.74) is 3.72. The summed E-state index contributed by atoms with van der Waals surface area (Å²) in [6.07, 6.45) is 3.04. The molecule has 178 valence electrons. The van der Waals surface area contributed by atoms with Crippen molar-refractivity contribution in [3.8, 4) is 5.75 Å². The normalized spacial score (nSPS) is 20.2. The SMILES string of the molecule is COc1cccc(C2CCCN2C(=O)C2CCN(S(=O)(=O)c3c(C)cc(C)cc3C)CC2)c1. The molecule has 0 spiro atoms. The van der Waals surface area contributed by atoms with Gasteiger partial charge in [-0.15, -0.1) is 0 Å². The van der Waals surface area contributed by atoms with E-state index in [1.165, 1.54) is 0 Å². The highest BCUT2D eigenvalue weighted by Crippen LogP contribution is 2.36. The molecule has 2 aromatic carbocycles. The van der Waals surface area contributed by atoms with Gasteiger partial charge in [-0.2, -0.15) is 4.31 Å². The number of methoxy groups -OCH3 is 1. The van der Waals surface area contributed by atoms with Gasteiger partial charge in [0.15, 0.2) is 0 Å². The summed E-state index contributed by atoms with van der Waals surface area (Å²) in [6, 6.07) is 11.8. The first-order valence-corrected chi connectivity index (χ1v) is 13.2. The molecule has 2 aromatic rings. The van der Waals surface area contributed by atoms with Gasteiger partial charge in [-0.05, 0) is 75.3 Å². The van der Waals surface area contributed by atoms with Gasteiger partial charge in [0.05, 0.1) is 18.0 Å². The average Bonchev–Trinajstić information content (AvgIpc) is 3.28. The van der Waals surface area contributed by atoms with Gasteiger partial charge in [-0.3, -0.25) is 4.79 Å². The number of piperidine rings is 1. The van der Waals surface area contributed by atoms with Crippen molar-refractivity contribution in [2.45, 2.75) is 57.4 Å². The highest BCUT2D eigenvalue weighted by Gasteiger charge is 2.38. The summed E-state index contributed by atoms with van der Waals surface area (Å²) in [5, 5.41) is 0. The monoisotopic (exact) mass is 470 g/mol. The fraction of sp³-hybridized carbons (Fsp3) is 0.500. The van der Waals surface area contributed by atoms with Crippen LogP contribution in [-0.2, 0) is 14.8 Å². The molecule has 0 radical (unpaired) electrons. The third kappa shape index (κ3) is 4.66. The van der Waals surface area contributed by atoms with E-state index < -0.39 is 10.0 Å². The zero-order valence-electron chi connectivity index (χ0n) is 20.0. The fourth-order valence-corrected chi connectivity index (χ4v) is 7.39. The minimum Gasteiger partial charge on any atom is -0.497 e. The van der Waals surface area contributed by atoms with Gasteiger partial charge in [0.1, 0.15) is 5.75 Å². The van der Waals surface area contributed by atoms with Crippen LogP contribution in [0.15, 0.2) is 41.3 Å². The van der Waals surface area contributed by atoms with Crippen LogP contribution < -0.4 is 4.74 Å². The van der Waals surface area contributed by atoms with Crippen molar-refractivity contribution in [1.82, 2.24) is 9.21 Å². The van der Waals surface area contributed by atoms with Crippen molar-refractivity contribution >= 4 is 15.9 Å². The number of likely N-dealkylation sites (tertiary alicyclic amines) is 1. The van der Waals surface area contributed by atoms with Crippen LogP contribution in [0.1, 0.15) is 54.0 Å². The van der Waals surface area contributed by atoms with Crippen molar-refractivity contribution in [3.63, 3.8) is 0 Å². The molecule has 0 bridgehead atoms. The molecule has 0 aromatic heterocycles. The Kier molecular flexibility index (Phi) is 6.82. The molecule has 0 saturated carbocycles. The smallest absolute Gasteiger partial charge is 0.243 e. The Morgan fingerprint density at radius 3 is 2.27 bits per heavy atom. The number of amides is 1. The van der Waals surface area contributed by atoms with Crippen LogP contribution in [0.3, 0.4) is 0 Å². The Bertz CT molecular complexity index is 1110. The first-order chi connectivity index (χ1) is 15.7. The Labute approximate surface area is 197 Å². The molecule has 2 aliphatic heterocycles. The number of hydrogen-bond acceptors (Lipinski definition) is 4. The molecule has 6 nitrogen and oxygen atoms in total. The van der Waals surface area contributed by atoms with Crippen molar-refractivity contribution < 1.29 is 17.9 Å². The molecule has 33 heavy (non-hydrogen) atoms. The number of ether oxygens (including phenoxy) is 1. The largest absolute Gasteiger partial charge is 0.497 e. The highest BCUT2D eigenvalue weighted by molar-refractivity contribution is 7.89. The summed E-state index contributed by atoms with van der Waals surface area (Å²) in [5.74, 6) is 0.815. The van der Waals surface area contributed by atoms with Crippen LogP contribution in [0, 0.1) is 26.7 Å². The maximum Gasteiger partial charge on any atom is 0.243 e. The molecule has 1 unspecified atom stereocenters. The lowest BCUT2D eigenvalue weighted by molar-refractivity contribution is -0.137. The van der Waals surface area contributed by atoms with E-state index in [2.05, 4.69) is 6.07 Å². The molecule has 7 heteroatoms. The Balaban J connectivity index is 1.46. The number of nitrogens with zero attached hydrogens (tertiary/aromatic N) is 2. The highest BCUT2D eigenvalue weighted by atomic mass is 32.2. The minimum atomic E-state index is -3.58. The average molecular weight is 471 g/mol. The third-order valence-electron chi connectivity index (χ3n) is 7.02. The summed E-state index contributed by atoms with van der Waals surface area (Å²) in [7, 11) is -1.92. The quantitative estimate of drug-likeness (QED) is 0.650. The second kappa shape index (κ2) is 9.47. The maximum absolute atomic E-state index is 13.4. The van der Waals surface area contributed by atoms with E-state index in [1.54, 1.807) is 11.4 Å². The predicted molar refractivity (Wildman–Crippen MR) is 129 cm³/mol. The van der Waals surface area contributed by atoms with Gasteiger partial charge in [-0.1, -0.05) is 29.8 Å². The molecule has 2 aliphatic rings. The lowest BCUT2D eigenvalue weighted by Gasteiger charge is -2.35. The predicted octanol–water partition coefficient (Wildman–Crippen LogP) is 4.38. The Morgan fingerprint density at radius 2 is 1.64 bits per heavy atom. The molecule has 4 rings (SSSR count). The zero-order chi connectivity index (χ0) is 23.8. The number of benzene rings is 2. The van der Waals surface area contributed by atoms with Crippen LogP contribution in [-0.4, -0.2) is 50.3 Å². The summed E-state index contributed by atoms with van der Waals surface area (Å²) < 4.78 is 33.7. The minimum absolute atomic E-state index is 0.0622. The molecule has 1 amide bonds. The summed E-state index contributed by atoms with van der Waals surface area (Å²) in [6.45, 7) is 7.20. The van der Waals surface area contributed by atoms with Crippen molar-refractivity contribution in [1.29, 1.82) is 0 Å². The Hall–Kier alpha value is -2.38. The van der Waals surface area contributed by atoms with E-state index in [1.807, 2.05) is 56.0 Å². The van der Waals surface area contributed by atoms with Gasteiger partial charge < -0.3 is 9.64 Å². The lowest BCUT2D eigenvalue weighted by Crippen LogP contribution is -2.44. The van der Waals surface area contributed by atoms with E-state index >= 15 is 0 Å². The molecule has 1 atom stereocenters. The van der Waals surface area contributed by atoms with Crippen LogP contribution in [0.25, 0.3) is 0 Å². The second-order valence-corrected chi connectivity index (χ2v) is 11.2. The standard InChI is InChI=1S/C26H34N2O4S/c1-18-15-19(2)25(20(3)16-18)33(30,31)27-13-10-21(11-14-27)26(29)28-12-6-9-24(28)22-7-5-8-23(17-22)32-4/h5,7-8,15-17,21,24H,6,9-14H2,1-4H3. The van der Waals surface area contributed by atoms with Crippen LogP contribution in [0.4, 0.5) is 0 Å². The summed E-state index contributed by atoms with van der Waals surface area (Å²) in [4.78, 5) is 15.8. The van der Waals surface area contributed by atoms with E-state index in [0.29, 0.717) is 30.8 Å². The fourth-order valence-electron chi connectivity index (χ4n) is 5.51. The first-order valence-electron chi connectivity index (χ1n) is 11.7. The lowest BCUT2D eigenvalue weighted by atomic mass is 9.95. The topological polar surface area (TPSA) is 66.9 Å². The number of rotatable bonds is 5. The molecule has 0 aliphatic carbocycles. The van der Waals surface area contributed by atoms with Gasteiger partial charge in [0, 0.05) is 25.6 Å². The number of aryl methyl sites for hydroxylation is 3. The number of carbonyl (C=O) groups excluding carboxylic acids is 1. The molecule has 2 heterocycles. The van der Waals surface area contributed by atoms with Gasteiger partial charge in [-0.25, -0.2) is 8.42 Å². The Morgan fingerprint density at radius 1 is 0.970 bits per heavy atom. The molecular formula is C26H34N2O4S. The zero-order valence-corrected chi connectivity index (χ0v) is 20.8. The van der Waals surface area contributed by atoms with Crippen molar-refractivity contribution in [2.24, 2.45) is 5.92 Å². The van der Waals surface area contributed by atoms with E-state index in [-0.39, 0.29) is 17.9 Å². The van der Waals surface area contributed by atoms with Crippen LogP contribution >= 0.6 is 0 Å². The second-order valence-electron chi connectivity index (χ2n) is 9.37. The molecule has 2 saturated heterocycles. The number of hydrogen-bond donors (Lipinski definition) is 0. The van der Waals surface area contributed by atoms with E-state index in [0.717, 1.165) is 47.4 Å². The van der Waals surface area contributed by atoms with E-state index in [4.69, 9.17) is 4.74 Å². The molecule has 2 fully saturated rings. The van der Waals surface area contributed by atoms with Crippen LogP contribution in [0.2, 0.25) is 0 Å². The van der Waals surface area contributed by atoms with Crippen molar-refractivity contribution in [2.75, 3.05) is 26.7 Å². The maximum atomic E-state index is 13.4. The summed E-state index contributed by atoms with van der Waals surface area (Å²) >= 11 is 0. The number of carbonyl (C=O) groups is 1.